The molecule has 14 heavy (non-hydrogen) atoms. The van der Waals surface area contributed by atoms with Gasteiger partial charge in [0.05, 0.1) is 6.61 Å². The highest BCUT2D eigenvalue weighted by molar-refractivity contribution is 7.13. The van der Waals surface area contributed by atoms with E-state index in [1.165, 1.54) is 12.8 Å². The molecule has 0 saturated heterocycles. The minimum absolute atomic E-state index is 0.0326. The number of carbonyl (C=O) groups excluding carboxylic acids is 1. The number of nitrogens with one attached hydrogen (secondary N) is 1. The highest BCUT2D eigenvalue weighted by Gasteiger charge is 2.22. The molecule has 0 aromatic carbocycles. The maximum Gasteiger partial charge on any atom is 0.306 e. The molecule has 4 heteroatoms. The number of esters is 1. The van der Waals surface area contributed by atoms with E-state index in [0.29, 0.717) is 25.0 Å². The number of carbonyl (C=O) groups is 1. The van der Waals surface area contributed by atoms with Gasteiger partial charge in [0.1, 0.15) is 0 Å². The first kappa shape index (κ1) is 11.9. The lowest BCUT2D eigenvalue weighted by molar-refractivity contribution is -0.144. The molecule has 1 rings (SSSR count). The second-order valence-corrected chi connectivity index (χ2v) is 4.23. The summed E-state index contributed by atoms with van der Waals surface area (Å²) >= 11 is 0. The maximum atomic E-state index is 11.2. The van der Waals surface area contributed by atoms with Crippen molar-refractivity contribution >= 4 is 15.4 Å². The Kier molecular flexibility index (Phi) is 5.42. The van der Waals surface area contributed by atoms with Crippen LogP contribution in [0.15, 0.2) is 0 Å². The van der Waals surface area contributed by atoms with E-state index in [-0.39, 0.29) is 5.97 Å². The van der Waals surface area contributed by atoms with E-state index in [4.69, 9.17) is 4.74 Å². The van der Waals surface area contributed by atoms with Gasteiger partial charge < -0.3 is 4.74 Å². The van der Waals surface area contributed by atoms with Crippen LogP contribution in [0.25, 0.3) is 0 Å². The zero-order valence-corrected chi connectivity index (χ0v) is 9.95. The van der Waals surface area contributed by atoms with Gasteiger partial charge in [-0.1, -0.05) is 9.39 Å². The van der Waals surface area contributed by atoms with Crippen molar-refractivity contribution in [1.82, 2.24) is 5.09 Å². The van der Waals surface area contributed by atoms with Crippen LogP contribution in [0.5, 0.6) is 0 Å². The maximum absolute atomic E-state index is 11.2. The van der Waals surface area contributed by atoms with E-state index in [2.05, 4.69) is 14.5 Å². The summed E-state index contributed by atoms with van der Waals surface area (Å²) in [7, 11) is 2.57. The summed E-state index contributed by atoms with van der Waals surface area (Å²) in [6.45, 7) is 2.36. The van der Waals surface area contributed by atoms with Crippen LogP contribution in [0.3, 0.4) is 0 Å². The fraction of sp³-hybridized carbons (Fsp3) is 0.900. The van der Waals surface area contributed by atoms with Gasteiger partial charge in [0.2, 0.25) is 0 Å². The van der Waals surface area contributed by atoms with Crippen LogP contribution in [0.2, 0.25) is 0 Å². The molecule has 0 aromatic rings. The number of hydrogen-bond donors (Lipinski definition) is 1. The van der Waals surface area contributed by atoms with Crippen molar-refractivity contribution in [3.8, 4) is 0 Å². The van der Waals surface area contributed by atoms with Crippen molar-refractivity contribution in [2.24, 2.45) is 5.92 Å². The van der Waals surface area contributed by atoms with E-state index in [1.807, 2.05) is 6.92 Å². The minimum Gasteiger partial charge on any atom is -0.466 e. The molecule has 0 heterocycles. The highest BCUT2D eigenvalue weighted by atomic mass is 31.0. The third-order valence-corrected chi connectivity index (χ3v) is 3.31. The summed E-state index contributed by atoms with van der Waals surface area (Å²) in [4.78, 5) is 11.2. The highest BCUT2D eigenvalue weighted by Crippen LogP contribution is 2.27. The monoisotopic (exact) mass is 217 g/mol. The normalized spacial score (nSPS) is 27.3. The van der Waals surface area contributed by atoms with Crippen LogP contribution >= 0.6 is 9.39 Å². The van der Waals surface area contributed by atoms with Crippen LogP contribution in [0, 0.1) is 5.92 Å². The number of rotatable bonds is 4. The van der Waals surface area contributed by atoms with E-state index < -0.39 is 0 Å². The summed E-state index contributed by atoms with van der Waals surface area (Å²) < 4.78 is 4.94. The molecule has 0 bridgehead atoms. The SMILES string of the molecule is CCOC(=O)C[C@H]1CC[C@H](NP)CC1. The first-order chi connectivity index (χ1) is 6.76. The zero-order valence-electron chi connectivity index (χ0n) is 8.79. The lowest BCUT2D eigenvalue weighted by Crippen LogP contribution is -2.27. The van der Waals surface area contributed by atoms with E-state index in [0.717, 1.165) is 12.8 Å². The van der Waals surface area contributed by atoms with Crippen LogP contribution in [-0.4, -0.2) is 18.6 Å². The van der Waals surface area contributed by atoms with E-state index in [1.54, 1.807) is 0 Å². The minimum atomic E-state index is -0.0326. The third-order valence-electron chi connectivity index (χ3n) is 2.84. The van der Waals surface area contributed by atoms with Crippen molar-refractivity contribution in [2.75, 3.05) is 6.61 Å². The molecule has 1 fully saturated rings. The van der Waals surface area contributed by atoms with Gasteiger partial charge in [-0.2, -0.15) is 0 Å². The van der Waals surface area contributed by atoms with Crippen LogP contribution < -0.4 is 5.09 Å². The molecule has 1 unspecified atom stereocenters. The Bertz CT molecular complexity index is 179. The Morgan fingerprint density at radius 2 is 2.07 bits per heavy atom. The van der Waals surface area contributed by atoms with Gasteiger partial charge in [0.15, 0.2) is 0 Å². The fourth-order valence-corrected chi connectivity index (χ4v) is 2.32. The van der Waals surface area contributed by atoms with Crippen LogP contribution in [0.1, 0.15) is 39.0 Å². The zero-order chi connectivity index (χ0) is 10.4. The topological polar surface area (TPSA) is 38.3 Å². The first-order valence-electron chi connectivity index (χ1n) is 5.38. The molecule has 0 aromatic heterocycles. The molecule has 0 spiro atoms. The van der Waals surface area contributed by atoms with Gasteiger partial charge in [0, 0.05) is 12.5 Å². The molecule has 1 saturated carbocycles. The summed E-state index contributed by atoms with van der Waals surface area (Å²) in [5.41, 5.74) is 0. The smallest absolute Gasteiger partial charge is 0.306 e. The molecule has 1 aliphatic rings. The van der Waals surface area contributed by atoms with Gasteiger partial charge in [-0.05, 0) is 38.5 Å². The Balaban J connectivity index is 2.18. The molecule has 82 valence electrons. The van der Waals surface area contributed by atoms with Crippen molar-refractivity contribution < 1.29 is 9.53 Å². The number of hydrogen-bond acceptors (Lipinski definition) is 3. The molecule has 0 radical (unpaired) electrons. The largest absolute Gasteiger partial charge is 0.466 e. The van der Waals surface area contributed by atoms with E-state index in [9.17, 15) is 4.79 Å². The van der Waals surface area contributed by atoms with Gasteiger partial charge in [-0.25, -0.2) is 0 Å². The average molecular weight is 217 g/mol. The molecular weight excluding hydrogens is 197 g/mol. The van der Waals surface area contributed by atoms with Crippen molar-refractivity contribution in [3.05, 3.63) is 0 Å². The number of ether oxygens (including phenoxy) is 1. The van der Waals surface area contributed by atoms with Crippen LogP contribution in [-0.2, 0) is 9.53 Å². The van der Waals surface area contributed by atoms with E-state index >= 15 is 0 Å². The summed E-state index contributed by atoms with van der Waals surface area (Å²) in [6, 6.07) is 0.624. The van der Waals surface area contributed by atoms with Crippen LogP contribution in [0.4, 0.5) is 0 Å². The molecule has 1 N–H and O–H groups in total. The Hall–Kier alpha value is -0.140. The van der Waals surface area contributed by atoms with Gasteiger partial charge in [-0.3, -0.25) is 9.88 Å². The van der Waals surface area contributed by atoms with Gasteiger partial charge >= 0.3 is 5.97 Å². The quantitative estimate of drug-likeness (QED) is 0.577. The molecular formula is C10H20NO2P. The predicted molar refractivity (Wildman–Crippen MR) is 59.8 cm³/mol. The second-order valence-electron chi connectivity index (χ2n) is 3.89. The van der Waals surface area contributed by atoms with Gasteiger partial charge in [0.25, 0.3) is 0 Å². The third kappa shape index (κ3) is 3.93. The van der Waals surface area contributed by atoms with Gasteiger partial charge in [-0.15, -0.1) is 0 Å². The average Bonchev–Trinajstić information content (AvgIpc) is 2.19. The van der Waals surface area contributed by atoms with Crippen molar-refractivity contribution in [2.45, 2.75) is 45.1 Å². The Labute approximate surface area is 88.2 Å². The lowest BCUT2D eigenvalue weighted by atomic mass is 9.84. The second kappa shape index (κ2) is 6.36. The molecule has 0 amide bonds. The van der Waals surface area contributed by atoms with Crippen molar-refractivity contribution in [3.63, 3.8) is 0 Å². The standard InChI is InChI=1S/C10H20NO2P/c1-2-13-10(12)7-8-3-5-9(11-14)6-4-8/h8-9,11H,2-7,14H2,1H3/t8-,9-. The molecule has 3 nitrogen and oxygen atoms in total. The predicted octanol–water partition coefficient (Wildman–Crippen LogP) is 1.88. The fourth-order valence-electron chi connectivity index (χ4n) is 1.99. The Morgan fingerprint density at radius 3 is 2.57 bits per heavy atom. The molecule has 0 aliphatic heterocycles. The summed E-state index contributed by atoms with van der Waals surface area (Å²) in [5.74, 6) is 0.512. The first-order valence-corrected chi connectivity index (χ1v) is 5.95. The lowest BCUT2D eigenvalue weighted by Gasteiger charge is -2.27. The molecule has 1 aliphatic carbocycles. The molecule has 1 atom stereocenters. The Morgan fingerprint density at radius 1 is 1.43 bits per heavy atom. The summed E-state index contributed by atoms with van der Waals surface area (Å²) in [5, 5.41) is 3.20. The van der Waals surface area contributed by atoms with Crippen molar-refractivity contribution in [1.29, 1.82) is 0 Å². The summed E-state index contributed by atoms with van der Waals surface area (Å²) in [6.07, 6.45) is 5.24.